The summed E-state index contributed by atoms with van der Waals surface area (Å²) in [5, 5.41) is 18.7. The van der Waals surface area contributed by atoms with Crippen molar-refractivity contribution in [3.8, 4) is 11.5 Å². The summed E-state index contributed by atoms with van der Waals surface area (Å²) in [6.07, 6.45) is 3.45. The lowest BCUT2D eigenvalue weighted by molar-refractivity contribution is 0.403. The van der Waals surface area contributed by atoms with Gasteiger partial charge in [-0.05, 0) is 67.1 Å². The molecule has 1 saturated heterocycles. The average Bonchev–Trinajstić information content (AvgIpc) is 2.51. The third kappa shape index (κ3) is 3.48. The first-order valence-corrected chi connectivity index (χ1v) is 7.52. The van der Waals surface area contributed by atoms with Crippen LogP contribution in [0.15, 0.2) is 48.5 Å². The van der Waals surface area contributed by atoms with Gasteiger partial charge in [-0.1, -0.05) is 12.1 Å². The van der Waals surface area contributed by atoms with Crippen molar-refractivity contribution in [3.63, 3.8) is 0 Å². The van der Waals surface area contributed by atoms with Crippen LogP contribution in [-0.4, -0.2) is 23.3 Å². The van der Waals surface area contributed by atoms with E-state index in [1.807, 2.05) is 24.3 Å². The summed E-state index contributed by atoms with van der Waals surface area (Å²) in [5.41, 5.74) is 2.49. The highest BCUT2D eigenvalue weighted by atomic mass is 16.3. The van der Waals surface area contributed by atoms with Crippen LogP contribution in [0.25, 0.3) is 0 Å². The second kappa shape index (κ2) is 6.08. The molecule has 0 aromatic heterocycles. The van der Waals surface area contributed by atoms with Crippen molar-refractivity contribution >= 4 is 5.69 Å². The van der Waals surface area contributed by atoms with Crippen LogP contribution in [0.1, 0.15) is 18.4 Å². The van der Waals surface area contributed by atoms with Gasteiger partial charge in [0, 0.05) is 18.8 Å². The summed E-state index contributed by atoms with van der Waals surface area (Å²) >= 11 is 0. The molecular weight excluding hydrogens is 262 g/mol. The van der Waals surface area contributed by atoms with Crippen LogP contribution in [0.2, 0.25) is 0 Å². The molecule has 3 nitrogen and oxygen atoms in total. The highest BCUT2D eigenvalue weighted by Gasteiger charge is 2.19. The minimum Gasteiger partial charge on any atom is -0.508 e. The van der Waals surface area contributed by atoms with Gasteiger partial charge in [-0.25, -0.2) is 0 Å². The maximum Gasteiger partial charge on any atom is 0.115 e. The van der Waals surface area contributed by atoms with Crippen LogP contribution >= 0.6 is 0 Å². The minimum atomic E-state index is 0.320. The molecule has 3 heteroatoms. The molecule has 0 atom stereocenters. The van der Waals surface area contributed by atoms with Crippen LogP contribution in [0.5, 0.6) is 11.5 Å². The predicted octanol–water partition coefficient (Wildman–Crippen LogP) is 3.56. The number of aromatic hydroxyl groups is 2. The minimum absolute atomic E-state index is 0.320. The Kier molecular flexibility index (Phi) is 4.00. The average molecular weight is 283 g/mol. The summed E-state index contributed by atoms with van der Waals surface area (Å²) in [6.45, 7) is 2.13. The Bertz CT molecular complexity index is 569. The first-order valence-electron chi connectivity index (χ1n) is 7.52. The monoisotopic (exact) mass is 283 g/mol. The SMILES string of the molecule is Oc1ccc(CC2CCN(c3ccc(O)cc3)CC2)cc1. The topological polar surface area (TPSA) is 43.7 Å². The van der Waals surface area contributed by atoms with E-state index in [4.69, 9.17) is 0 Å². The number of piperidine rings is 1. The summed E-state index contributed by atoms with van der Waals surface area (Å²) in [4.78, 5) is 2.38. The van der Waals surface area contributed by atoms with Gasteiger partial charge in [0.05, 0.1) is 0 Å². The standard InChI is InChI=1S/C18H21NO2/c20-17-5-1-14(2-6-17)13-15-9-11-19(12-10-15)16-3-7-18(21)8-4-16/h1-8,15,20-21H,9-13H2. The zero-order valence-corrected chi connectivity index (χ0v) is 12.1. The van der Waals surface area contributed by atoms with E-state index in [9.17, 15) is 10.2 Å². The van der Waals surface area contributed by atoms with Crippen molar-refractivity contribution in [2.24, 2.45) is 5.92 Å². The first kappa shape index (κ1) is 13.8. The molecule has 0 aliphatic carbocycles. The molecule has 0 unspecified atom stereocenters. The lowest BCUT2D eigenvalue weighted by Gasteiger charge is -2.33. The molecule has 0 spiro atoms. The zero-order chi connectivity index (χ0) is 14.7. The van der Waals surface area contributed by atoms with E-state index in [2.05, 4.69) is 4.90 Å². The highest BCUT2D eigenvalue weighted by Crippen LogP contribution is 2.27. The van der Waals surface area contributed by atoms with Crippen LogP contribution < -0.4 is 4.90 Å². The van der Waals surface area contributed by atoms with Gasteiger partial charge in [0.2, 0.25) is 0 Å². The Labute approximate surface area is 125 Å². The van der Waals surface area contributed by atoms with Crippen LogP contribution in [-0.2, 0) is 6.42 Å². The van der Waals surface area contributed by atoms with E-state index in [0.717, 1.165) is 19.5 Å². The number of benzene rings is 2. The van der Waals surface area contributed by atoms with Crippen molar-refractivity contribution in [2.75, 3.05) is 18.0 Å². The van der Waals surface area contributed by atoms with Gasteiger partial charge in [-0.15, -0.1) is 0 Å². The van der Waals surface area contributed by atoms with Gasteiger partial charge < -0.3 is 15.1 Å². The van der Waals surface area contributed by atoms with E-state index >= 15 is 0 Å². The molecule has 0 radical (unpaired) electrons. The van der Waals surface area contributed by atoms with Crippen molar-refractivity contribution in [3.05, 3.63) is 54.1 Å². The number of phenolic OH excluding ortho intramolecular Hbond substituents is 2. The van der Waals surface area contributed by atoms with Gasteiger partial charge in [0.1, 0.15) is 11.5 Å². The summed E-state index contributed by atoms with van der Waals surface area (Å²) in [6, 6.07) is 15.0. The molecule has 110 valence electrons. The highest BCUT2D eigenvalue weighted by molar-refractivity contribution is 5.49. The van der Waals surface area contributed by atoms with Gasteiger partial charge in [0.15, 0.2) is 0 Å². The Balaban J connectivity index is 1.55. The molecule has 1 heterocycles. The molecule has 2 aromatic rings. The zero-order valence-electron chi connectivity index (χ0n) is 12.1. The Morgan fingerprint density at radius 1 is 0.810 bits per heavy atom. The fraction of sp³-hybridized carbons (Fsp3) is 0.333. The Morgan fingerprint density at radius 3 is 1.90 bits per heavy atom. The number of rotatable bonds is 3. The Hall–Kier alpha value is -2.16. The second-order valence-corrected chi connectivity index (χ2v) is 5.82. The number of hydrogen-bond donors (Lipinski definition) is 2. The summed E-state index contributed by atoms with van der Waals surface area (Å²) in [7, 11) is 0. The summed E-state index contributed by atoms with van der Waals surface area (Å²) < 4.78 is 0. The van der Waals surface area contributed by atoms with E-state index in [1.165, 1.54) is 24.1 Å². The molecular formula is C18H21NO2. The first-order chi connectivity index (χ1) is 10.2. The van der Waals surface area contributed by atoms with Crippen molar-refractivity contribution in [1.29, 1.82) is 0 Å². The van der Waals surface area contributed by atoms with Gasteiger partial charge >= 0.3 is 0 Å². The van der Waals surface area contributed by atoms with Crippen LogP contribution in [0.3, 0.4) is 0 Å². The largest absolute Gasteiger partial charge is 0.508 e. The van der Waals surface area contributed by atoms with E-state index < -0.39 is 0 Å². The van der Waals surface area contributed by atoms with Crippen molar-refractivity contribution < 1.29 is 10.2 Å². The van der Waals surface area contributed by atoms with Crippen LogP contribution in [0.4, 0.5) is 5.69 Å². The molecule has 1 aliphatic rings. The lowest BCUT2D eigenvalue weighted by Crippen LogP contribution is -2.34. The third-order valence-corrected chi connectivity index (χ3v) is 4.29. The number of nitrogens with zero attached hydrogens (tertiary/aromatic N) is 1. The second-order valence-electron chi connectivity index (χ2n) is 5.82. The van der Waals surface area contributed by atoms with E-state index in [-0.39, 0.29) is 0 Å². The molecule has 0 amide bonds. The quantitative estimate of drug-likeness (QED) is 0.905. The van der Waals surface area contributed by atoms with Gasteiger partial charge in [0.25, 0.3) is 0 Å². The van der Waals surface area contributed by atoms with Crippen molar-refractivity contribution in [1.82, 2.24) is 0 Å². The molecule has 21 heavy (non-hydrogen) atoms. The molecule has 2 aromatic carbocycles. The van der Waals surface area contributed by atoms with E-state index in [0.29, 0.717) is 17.4 Å². The maximum absolute atomic E-state index is 9.34. The molecule has 3 rings (SSSR count). The fourth-order valence-electron chi connectivity index (χ4n) is 3.02. The maximum atomic E-state index is 9.34. The smallest absolute Gasteiger partial charge is 0.115 e. The molecule has 0 saturated carbocycles. The van der Waals surface area contributed by atoms with Gasteiger partial charge in [-0.3, -0.25) is 0 Å². The lowest BCUT2D eigenvalue weighted by atomic mass is 9.90. The summed E-state index contributed by atoms with van der Waals surface area (Å²) in [5.74, 6) is 1.37. The van der Waals surface area contributed by atoms with Gasteiger partial charge in [-0.2, -0.15) is 0 Å². The van der Waals surface area contributed by atoms with Crippen LogP contribution in [0, 0.1) is 5.92 Å². The van der Waals surface area contributed by atoms with Crippen molar-refractivity contribution in [2.45, 2.75) is 19.3 Å². The predicted molar refractivity (Wildman–Crippen MR) is 84.9 cm³/mol. The number of phenols is 2. The molecule has 0 bridgehead atoms. The fourth-order valence-corrected chi connectivity index (χ4v) is 3.02. The normalized spacial score (nSPS) is 16.1. The molecule has 1 fully saturated rings. The molecule has 2 N–H and O–H groups in total. The van der Waals surface area contributed by atoms with E-state index in [1.54, 1.807) is 24.3 Å². The number of hydrogen-bond acceptors (Lipinski definition) is 3. The Morgan fingerprint density at radius 2 is 1.33 bits per heavy atom. The number of anilines is 1. The third-order valence-electron chi connectivity index (χ3n) is 4.29. The molecule has 1 aliphatic heterocycles.